The van der Waals surface area contributed by atoms with Crippen molar-refractivity contribution in [2.45, 2.75) is 13.0 Å². The van der Waals surface area contributed by atoms with E-state index in [2.05, 4.69) is 20.6 Å². The number of fused-ring (bicyclic) bond motifs is 1. The molecule has 0 radical (unpaired) electrons. The van der Waals surface area contributed by atoms with E-state index < -0.39 is 0 Å². The van der Waals surface area contributed by atoms with E-state index in [1.54, 1.807) is 24.5 Å². The Morgan fingerprint density at radius 3 is 2.66 bits per heavy atom. The van der Waals surface area contributed by atoms with Crippen LogP contribution >= 0.6 is 0 Å². The van der Waals surface area contributed by atoms with Crippen LogP contribution in [0.1, 0.15) is 21.5 Å². The van der Waals surface area contributed by atoms with Gasteiger partial charge in [-0.05, 0) is 41.5 Å². The Hall–Kier alpha value is -3.93. The number of anilines is 1. The topological polar surface area (TPSA) is 86.9 Å². The lowest BCUT2D eigenvalue weighted by Gasteiger charge is -2.09. The third-order valence-electron chi connectivity index (χ3n) is 4.64. The Kier molecular flexibility index (Phi) is 5.33. The van der Waals surface area contributed by atoms with E-state index in [9.17, 15) is 9.59 Å². The minimum absolute atomic E-state index is 0.0547. The van der Waals surface area contributed by atoms with Gasteiger partial charge in [0.25, 0.3) is 5.91 Å². The largest absolute Gasteiger partial charge is 0.361 e. The summed E-state index contributed by atoms with van der Waals surface area (Å²) >= 11 is 0. The number of nitrogens with one attached hydrogen (secondary N) is 3. The van der Waals surface area contributed by atoms with Crippen molar-refractivity contribution in [3.8, 4) is 0 Å². The fraction of sp³-hybridized carbons (Fsp3) is 0.0870. The zero-order valence-corrected chi connectivity index (χ0v) is 15.7. The molecule has 0 aliphatic carbocycles. The van der Waals surface area contributed by atoms with Crippen LogP contribution in [-0.2, 0) is 17.8 Å². The molecule has 6 nitrogen and oxygen atoms in total. The molecule has 0 saturated heterocycles. The smallest absolute Gasteiger partial charge is 0.255 e. The molecule has 29 heavy (non-hydrogen) atoms. The summed E-state index contributed by atoms with van der Waals surface area (Å²) in [6.45, 7) is 0.389. The van der Waals surface area contributed by atoms with E-state index in [1.165, 1.54) is 0 Å². The Labute approximate surface area is 168 Å². The summed E-state index contributed by atoms with van der Waals surface area (Å²) in [5.74, 6) is -0.256. The van der Waals surface area contributed by atoms with Gasteiger partial charge in [0.2, 0.25) is 5.91 Å². The van der Waals surface area contributed by atoms with Crippen molar-refractivity contribution in [2.24, 2.45) is 0 Å². The van der Waals surface area contributed by atoms with E-state index >= 15 is 0 Å². The highest BCUT2D eigenvalue weighted by molar-refractivity contribution is 6.04. The second-order valence-corrected chi connectivity index (χ2v) is 6.70. The lowest BCUT2D eigenvalue weighted by Crippen LogP contribution is -2.24. The fourth-order valence-corrected chi connectivity index (χ4v) is 3.18. The maximum absolute atomic E-state index is 12.4. The summed E-state index contributed by atoms with van der Waals surface area (Å²) in [7, 11) is 0. The highest BCUT2D eigenvalue weighted by Gasteiger charge is 2.09. The molecule has 0 unspecified atom stereocenters. The zero-order valence-electron chi connectivity index (χ0n) is 15.7. The van der Waals surface area contributed by atoms with Gasteiger partial charge in [0.15, 0.2) is 0 Å². The summed E-state index contributed by atoms with van der Waals surface area (Å²) in [4.78, 5) is 31.7. The van der Waals surface area contributed by atoms with Gasteiger partial charge in [-0.25, -0.2) is 0 Å². The van der Waals surface area contributed by atoms with Crippen LogP contribution in [-0.4, -0.2) is 21.8 Å². The lowest BCUT2D eigenvalue weighted by molar-refractivity contribution is -0.120. The van der Waals surface area contributed by atoms with Gasteiger partial charge in [-0.2, -0.15) is 0 Å². The highest BCUT2D eigenvalue weighted by Crippen LogP contribution is 2.18. The van der Waals surface area contributed by atoms with Gasteiger partial charge in [-0.3, -0.25) is 14.6 Å². The second-order valence-electron chi connectivity index (χ2n) is 6.70. The van der Waals surface area contributed by atoms with Crippen molar-refractivity contribution >= 4 is 28.4 Å². The Morgan fingerprint density at radius 2 is 1.79 bits per heavy atom. The lowest BCUT2D eigenvalue weighted by atomic mass is 10.1. The molecule has 0 aliphatic heterocycles. The van der Waals surface area contributed by atoms with E-state index in [0.29, 0.717) is 24.2 Å². The molecule has 6 heteroatoms. The van der Waals surface area contributed by atoms with E-state index in [-0.39, 0.29) is 11.8 Å². The fourth-order valence-electron chi connectivity index (χ4n) is 3.18. The first-order valence-electron chi connectivity index (χ1n) is 9.31. The number of pyridine rings is 1. The Balaban J connectivity index is 1.35. The SMILES string of the molecule is O=C(Cc1c[nH]c2ccccc12)NCc1cccc(NC(=O)c2ccncc2)c1. The third-order valence-corrected chi connectivity index (χ3v) is 4.64. The molecule has 2 heterocycles. The van der Waals surface area contributed by atoms with Gasteiger partial charge in [-0.1, -0.05) is 30.3 Å². The van der Waals surface area contributed by atoms with Crippen LogP contribution in [0.15, 0.2) is 79.3 Å². The van der Waals surface area contributed by atoms with Crippen molar-refractivity contribution in [3.63, 3.8) is 0 Å². The minimum Gasteiger partial charge on any atom is -0.361 e. The second kappa shape index (κ2) is 8.39. The normalized spacial score (nSPS) is 10.6. The van der Waals surface area contributed by atoms with Gasteiger partial charge in [0.1, 0.15) is 0 Å². The van der Waals surface area contributed by atoms with Gasteiger partial charge < -0.3 is 15.6 Å². The molecule has 0 atom stereocenters. The molecule has 4 rings (SSSR count). The van der Waals surface area contributed by atoms with E-state index in [0.717, 1.165) is 22.0 Å². The molecule has 144 valence electrons. The average Bonchev–Trinajstić information content (AvgIpc) is 3.16. The monoisotopic (exact) mass is 384 g/mol. The summed E-state index contributed by atoms with van der Waals surface area (Å²) in [5.41, 5.74) is 4.11. The van der Waals surface area contributed by atoms with Crippen molar-refractivity contribution in [3.05, 3.63) is 95.9 Å². The highest BCUT2D eigenvalue weighted by atomic mass is 16.2. The number of para-hydroxylation sites is 1. The predicted molar refractivity (Wildman–Crippen MR) is 112 cm³/mol. The van der Waals surface area contributed by atoms with Crippen molar-refractivity contribution in [2.75, 3.05) is 5.32 Å². The molecule has 4 aromatic rings. The molecule has 2 amide bonds. The maximum atomic E-state index is 12.4. The van der Waals surface area contributed by atoms with Gasteiger partial charge in [0, 0.05) is 47.3 Å². The van der Waals surface area contributed by atoms with Gasteiger partial charge in [-0.15, -0.1) is 0 Å². The molecule has 2 aromatic heterocycles. The van der Waals surface area contributed by atoms with Crippen LogP contribution in [0.3, 0.4) is 0 Å². The summed E-state index contributed by atoms with van der Waals surface area (Å²) in [5, 5.41) is 6.86. The van der Waals surface area contributed by atoms with E-state index in [4.69, 9.17) is 0 Å². The molecule has 0 aliphatic rings. The van der Waals surface area contributed by atoms with Crippen LogP contribution < -0.4 is 10.6 Å². The first kappa shape index (κ1) is 18.4. The number of carbonyl (C=O) groups excluding carboxylic acids is 2. The number of hydrogen-bond acceptors (Lipinski definition) is 3. The molecular formula is C23H20N4O2. The number of amides is 2. The Bertz CT molecular complexity index is 1150. The number of rotatable bonds is 6. The van der Waals surface area contributed by atoms with Gasteiger partial charge in [0.05, 0.1) is 6.42 Å². The third kappa shape index (κ3) is 4.50. The Morgan fingerprint density at radius 1 is 0.966 bits per heavy atom. The van der Waals surface area contributed by atoms with Crippen LogP contribution in [0.25, 0.3) is 10.9 Å². The molecule has 3 N–H and O–H groups in total. The molecule has 2 aromatic carbocycles. The number of aromatic amines is 1. The van der Waals surface area contributed by atoms with Gasteiger partial charge >= 0.3 is 0 Å². The number of aromatic nitrogens is 2. The predicted octanol–water partition coefficient (Wildman–Crippen LogP) is 3.67. The summed E-state index contributed by atoms with van der Waals surface area (Å²) in [6.07, 6.45) is 5.34. The number of benzene rings is 2. The molecule has 0 fully saturated rings. The first-order valence-corrected chi connectivity index (χ1v) is 9.31. The molecule has 0 bridgehead atoms. The maximum Gasteiger partial charge on any atom is 0.255 e. The number of nitrogens with zero attached hydrogens (tertiary/aromatic N) is 1. The number of carbonyl (C=O) groups is 2. The van der Waals surface area contributed by atoms with Crippen molar-refractivity contribution < 1.29 is 9.59 Å². The number of H-pyrrole nitrogens is 1. The quantitative estimate of drug-likeness (QED) is 0.474. The standard InChI is InChI=1S/C23H20N4O2/c28-22(13-18-15-25-21-7-2-1-6-20(18)21)26-14-16-4-3-5-19(12-16)27-23(29)17-8-10-24-11-9-17/h1-12,15,25H,13-14H2,(H,26,28)(H,27,29). The van der Waals surface area contributed by atoms with Crippen LogP contribution in [0.4, 0.5) is 5.69 Å². The molecule has 0 spiro atoms. The average molecular weight is 384 g/mol. The zero-order chi connectivity index (χ0) is 20.1. The van der Waals surface area contributed by atoms with Crippen LogP contribution in [0, 0.1) is 0 Å². The summed E-state index contributed by atoms with van der Waals surface area (Å²) < 4.78 is 0. The van der Waals surface area contributed by atoms with Crippen LogP contribution in [0.2, 0.25) is 0 Å². The molecule has 0 saturated carbocycles. The van der Waals surface area contributed by atoms with Crippen LogP contribution in [0.5, 0.6) is 0 Å². The molecular weight excluding hydrogens is 364 g/mol. The minimum atomic E-state index is -0.201. The van der Waals surface area contributed by atoms with Crippen molar-refractivity contribution in [1.82, 2.24) is 15.3 Å². The van der Waals surface area contributed by atoms with E-state index in [1.807, 2.05) is 54.7 Å². The first-order chi connectivity index (χ1) is 14.2. The summed E-state index contributed by atoms with van der Waals surface area (Å²) in [6, 6.07) is 18.7. The number of hydrogen-bond donors (Lipinski definition) is 3. The van der Waals surface area contributed by atoms with Crippen molar-refractivity contribution in [1.29, 1.82) is 0 Å².